The largest absolute Gasteiger partial charge is 0.478 e. The Morgan fingerprint density at radius 2 is 1.95 bits per heavy atom. The van der Waals surface area contributed by atoms with E-state index in [4.69, 9.17) is 16.7 Å². The van der Waals surface area contributed by atoms with Crippen LogP contribution in [0.25, 0.3) is 0 Å². The molecule has 0 unspecified atom stereocenters. The summed E-state index contributed by atoms with van der Waals surface area (Å²) < 4.78 is 13.6. The second-order valence-corrected chi connectivity index (χ2v) is 4.70. The van der Waals surface area contributed by atoms with Crippen LogP contribution in [0.2, 0.25) is 5.02 Å². The molecular formula is C15H12ClFN2O2. The van der Waals surface area contributed by atoms with E-state index in [2.05, 4.69) is 10.5 Å². The molecule has 21 heavy (non-hydrogen) atoms. The monoisotopic (exact) mass is 306 g/mol. The molecule has 0 amide bonds. The number of hydrazone groups is 1. The zero-order chi connectivity index (χ0) is 15.4. The van der Waals surface area contributed by atoms with Crippen molar-refractivity contribution in [2.45, 2.75) is 6.92 Å². The summed E-state index contributed by atoms with van der Waals surface area (Å²) in [6.45, 7) is 1.65. The van der Waals surface area contributed by atoms with Crippen molar-refractivity contribution in [3.05, 3.63) is 64.4 Å². The summed E-state index contributed by atoms with van der Waals surface area (Å²) in [6, 6.07) is 10.7. The Kier molecular flexibility index (Phi) is 4.55. The van der Waals surface area contributed by atoms with Crippen LogP contribution in [0.4, 0.5) is 10.1 Å². The third kappa shape index (κ3) is 3.58. The molecule has 2 N–H and O–H groups in total. The van der Waals surface area contributed by atoms with Crippen LogP contribution in [0.15, 0.2) is 47.6 Å². The van der Waals surface area contributed by atoms with E-state index in [0.717, 1.165) is 0 Å². The van der Waals surface area contributed by atoms with E-state index >= 15 is 0 Å². The van der Waals surface area contributed by atoms with E-state index in [-0.39, 0.29) is 16.4 Å². The number of carboxylic acid groups (broad SMARTS) is 1. The van der Waals surface area contributed by atoms with E-state index in [1.165, 1.54) is 18.2 Å². The summed E-state index contributed by atoms with van der Waals surface area (Å²) >= 11 is 5.78. The van der Waals surface area contributed by atoms with Gasteiger partial charge < -0.3 is 5.11 Å². The van der Waals surface area contributed by atoms with E-state index in [0.29, 0.717) is 17.0 Å². The van der Waals surface area contributed by atoms with Gasteiger partial charge in [0, 0.05) is 5.56 Å². The van der Waals surface area contributed by atoms with Crippen LogP contribution in [0.1, 0.15) is 22.8 Å². The number of anilines is 1. The average molecular weight is 307 g/mol. The zero-order valence-corrected chi connectivity index (χ0v) is 11.9. The fraction of sp³-hybridized carbons (Fsp3) is 0.0667. The molecule has 0 aliphatic heterocycles. The molecule has 0 radical (unpaired) electrons. The number of hydrogen-bond acceptors (Lipinski definition) is 3. The fourth-order valence-electron chi connectivity index (χ4n) is 1.72. The van der Waals surface area contributed by atoms with E-state index < -0.39 is 5.97 Å². The summed E-state index contributed by atoms with van der Waals surface area (Å²) in [6.07, 6.45) is 0. The Hall–Kier alpha value is -2.40. The normalized spacial score (nSPS) is 11.3. The fourth-order valence-corrected chi connectivity index (χ4v) is 1.92. The maximum absolute atomic E-state index is 13.6. The molecule has 108 valence electrons. The summed E-state index contributed by atoms with van der Waals surface area (Å²) in [5, 5.41) is 13.2. The van der Waals surface area contributed by atoms with Crippen LogP contribution in [0.3, 0.4) is 0 Å². The molecule has 0 spiro atoms. The van der Waals surface area contributed by atoms with Crippen molar-refractivity contribution >= 4 is 29.0 Å². The molecule has 0 fully saturated rings. The summed E-state index contributed by atoms with van der Waals surface area (Å²) in [4.78, 5) is 11.0. The quantitative estimate of drug-likeness (QED) is 0.662. The van der Waals surface area contributed by atoms with Gasteiger partial charge in [-0.1, -0.05) is 29.8 Å². The highest BCUT2D eigenvalue weighted by molar-refractivity contribution is 6.33. The molecular weight excluding hydrogens is 295 g/mol. The lowest BCUT2D eigenvalue weighted by Crippen LogP contribution is -2.03. The van der Waals surface area contributed by atoms with Gasteiger partial charge in [-0.15, -0.1) is 0 Å². The number of carbonyl (C=O) groups is 1. The molecule has 0 aliphatic carbocycles. The molecule has 2 rings (SSSR count). The molecule has 0 aliphatic rings. The van der Waals surface area contributed by atoms with Crippen LogP contribution < -0.4 is 5.43 Å². The number of rotatable bonds is 4. The highest BCUT2D eigenvalue weighted by Crippen LogP contribution is 2.20. The minimum absolute atomic E-state index is 0.0274. The number of nitrogens with one attached hydrogen (secondary N) is 1. The lowest BCUT2D eigenvalue weighted by Gasteiger charge is -2.06. The second kappa shape index (κ2) is 6.37. The van der Waals surface area contributed by atoms with Crippen LogP contribution >= 0.6 is 11.6 Å². The van der Waals surface area contributed by atoms with E-state index in [1.54, 1.807) is 31.2 Å². The maximum Gasteiger partial charge on any atom is 0.337 e. The minimum atomic E-state index is -1.13. The lowest BCUT2D eigenvalue weighted by molar-refractivity contribution is 0.0697. The molecule has 2 aromatic carbocycles. The van der Waals surface area contributed by atoms with Crippen molar-refractivity contribution in [2.75, 3.05) is 5.43 Å². The van der Waals surface area contributed by atoms with E-state index in [1.807, 2.05) is 0 Å². The SMILES string of the molecule is CC(=NNc1ccc(Cl)c(C(=O)O)c1)c1ccccc1F. The number of benzene rings is 2. The number of halogens is 2. The van der Waals surface area contributed by atoms with Gasteiger partial charge in [0.2, 0.25) is 0 Å². The second-order valence-electron chi connectivity index (χ2n) is 4.29. The van der Waals surface area contributed by atoms with Gasteiger partial charge in [0.1, 0.15) is 5.82 Å². The zero-order valence-electron chi connectivity index (χ0n) is 11.1. The number of nitrogens with zero attached hydrogens (tertiary/aromatic N) is 1. The van der Waals surface area contributed by atoms with Gasteiger partial charge in [-0.25, -0.2) is 9.18 Å². The highest BCUT2D eigenvalue weighted by Gasteiger charge is 2.09. The average Bonchev–Trinajstić information content (AvgIpc) is 2.46. The van der Waals surface area contributed by atoms with Crippen molar-refractivity contribution in [1.82, 2.24) is 0 Å². The van der Waals surface area contributed by atoms with Crippen LogP contribution in [0, 0.1) is 5.82 Å². The van der Waals surface area contributed by atoms with Gasteiger partial charge in [0.15, 0.2) is 0 Å². The van der Waals surface area contributed by atoms with Crippen LogP contribution in [0.5, 0.6) is 0 Å². The van der Waals surface area contributed by atoms with Crippen LogP contribution in [-0.4, -0.2) is 16.8 Å². The minimum Gasteiger partial charge on any atom is -0.478 e. The predicted molar refractivity (Wildman–Crippen MR) is 80.6 cm³/mol. The summed E-state index contributed by atoms with van der Waals surface area (Å²) in [5.41, 5.74) is 3.93. The Morgan fingerprint density at radius 1 is 1.24 bits per heavy atom. The smallest absolute Gasteiger partial charge is 0.337 e. The van der Waals surface area contributed by atoms with Gasteiger partial charge >= 0.3 is 5.97 Å². The van der Waals surface area contributed by atoms with Gasteiger partial charge in [-0.05, 0) is 31.2 Å². The summed E-state index contributed by atoms with van der Waals surface area (Å²) in [7, 11) is 0. The van der Waals surface area contributed by atoms with E-state index in [9.17, 15) is 9.18 Å². The molecule has 0 aromatic heterocycles. The van der Waals surface area contributed by atoms with Gasteiger partial charge in [0.05, 0.1) is 22.0 Å². The van der Waals surface area contributed by atoms with Crippen molar-refractivity contribution in [3.63, 3.8) is 0 Å². The first-order valence-electron chi connectivity index (χ1n) is 6.07. The number of aromatic carboxylic acids is 1. The Labute approximate surface area is 125 Å². The highest BCUT2D eigenvalue weighted by atomic mass is 35.5. The predicted octanol–water partition coefficient (Wildman–Crippen LogP) is 4.01. The topological polar surface area (TPSA) is 61.7 Å². The third-order valence-corrected chi connectivity index (χ3v) is 3.14. The van der Waals surface area contributed by atoms with Crippen LogP contribution in [-0.2, 0) is 0 Å². The van der Waals surface area contributed by atoms with Crippen molar-refractivity contribution in [1.29, 1.82) is 0 Å². The standard InChI is InChI=1S/C15H12ClFN2O2/c1-9(11-4-2-3-5-14(11)17)18-19-10-6-7-13(16)12(8-10)15(20)21/h2-8,19H,1H3,(H,20,21). The Morgan fingerprint density at radius 3 is 2.62 bits per heavy atom. The molecule has 0 saturated carbocycles. The third-order valence-electron chi connectivity index (χ3n) is 2.81. The Bertz CT molecular complexity index is 717. The van der Waals surface area contributed by atoms with Crippen molar-refractivity contribution in [2.24, 2.45) is 5.10 Å². The van der Waals surface area contributed by atoms with Gasteiger partial charge in [0.25, 0.3) is 0 Å². The van der Waals surface area contributed by atoms with Gasteiger partial charge in [-0.3, -0.25) is 5.43 Å². The lowest BCUT2D eigenvalue weighted by atomic mass is 10.1. The Balaban J connectivity index is 2.23. The molecule has 0 saturated heterocycles. The van der Waals surface area contributed by atoms with Crippen molar-refractivity contribution in [3.8, 4) is 0 Å². The molecule has 2 aromatic rings. The molecule has 4 nitrogen and oxygen atoms in total. The maximum atomic E-state index is 13.6. The molecule has 0 bridgehead atoms. The first-order chi connectivity index (χ1) is 9.99. The number of hydrogen-bond donors (Lipinski definition) is 2. The van der Waals surface area contributed by atoms with Gasteiger partial charge in [-0.2, -0.15) is 5.10 Å². The first-order valence-corrected chi connectivity index (χ1v) is 6.45. The molecule has 0 heterocycles. The van der Waals surface area contributed by atoms with Crippen molar-refractivity contribution < 1.29 is 14.3 Å². The first kappa shape index (κ1) is 15.0. The molecule has 0 atom stereocenters. The number of carboxylic acids is 1. The molecule has 6 heteroatoms. The summed E-state index contributed by atoms with van der Waals surface area (Å²) in [5.74, 6) is -1.50.